The van der Waals surface area contributed by atoms with E-state index in [9.17, 15) is 9.50 Å². The normalized spacial score (nSPS) is 12.7. The Kier molecular flexibility index (Phi) is 2.47. The van der Waals surface area contributed by atoms with E-state index in [-0.39, 0.29) is 5.56 Å². The lowest BCUT2D eigenvalue weighted by molar-refractivity contribution is 0.206. The molecule has 15 heavy (non-hydrogen) atoms. The summed E-state index contributed by atoms with van der Waals surface area (Å²) in [5, 5.41) is 9.91. The third-order valence-electron chi connectivity index (χ3n) is 2.23. The van der Waals surface area contributed by atoms with Gasteiger partial charge in [0.05, 0.1) is 24.4 Å². The van der Waals surface area contributed by atoms with Crippen molar-refractivity contribution < 1.29 is 9.50 Å². The van der Waals surface area contributed by atoms with Gasteiger partial charge < -0.3 is 9.67 Å². The van der Waals surface area contributed by atoms with E-state index in [4.69, 9.17) is 0 Å². The zero-order valence-corrected chi connectivity index (χ0v) is 8.13. The highest BCUT2D eigenvalue weighted by atomic mass is 19.1. The molecule has 0 aliphatic heterocycles. The summed E-state index contributed by atoms with van der Waals surface area (Å²) in [5.41, 5.74) is 0.744. The summed E-state index contributed by atoms with van der Waals surface area (Å²) in [6.45, 7) is 0. The van der Waals surface area contributed by atoms with Gasteiger partial charge in [-0.15, -0.1) is 0 Å². The fourth-order valence-corrected chi connectivity index (χ4v) is 1.40. The molecule has 0 aromatic carbocycles. The first-order chi connectivity index (χ1) is 7.20. The number of hydrogen-bond donors (Lipinski definition) is 1. The van der Waals surface area contributed by atoms with Crippen molar-refractivity contribution in [1.29, 1.82) is 0 Å². The number of nitrogens with zero attached hydrogens (tertiary/aromatic N) is 3. The Labute approximate surface area is 86.0 Å². The summed E-state index contributed by atoms with van der Waals surface area (Å²) < 4.78 is 15.0. The standard InChI is InChI=1S/C10H10FN3O/c1-14-6-13-5-9(14)10(15)7-2-3-12-4-8(7)11/h2-6,10,15H,1H3. The van der Waals surface area contributed by atoms with Gasteiger partial charge in [0.2, 0.25) is 0 Å². The summed E-state index contributed by atoms with van der Waals surface area (Å²) in [5.74, 6) is -0.522. The molecule has 2 aromatic rings. The Hall–Kier alpha value is -1.75. The molecule has 0 aliphatic carbocycles. The fourth-order valence-electron chi connectivity index (χ4n) is 1.40. The van der Waals surface area contributed by atoms with Crippen LogP contribution in [0, 0.1) is 5.82 Å². The molecule has 0 saturated heterocycles. The lowest BCUT2D eigenvalue weighted by atomic mass is 10.1. The molecule has 5 heteroatoms. The molecule has 2 heterocycles. The maximum absolute atomic E-state index is 13.3. The third kappa shape index (κ3) is 1.73. The second-order valence-corrected chi connectivity index (χ2v) is 3.23. The lowest BCUT2D eigenvalue weighted by Gasteiger charge is -2.11. The molecule has 0 saturated carbocycles. The zero-order valence-electron chi connectivity index (χ0n) is 8.13. The first-order valence-electron chi connectivity index (χ1n) is 4.44. The Balaban J connectivity index is 2.41. The third-order valence-corrected chi connectivity index (χ3v) is 2.23. The highest BCUT2D eigenvalue weighted by molar-refractivity contribution is 5.23. The van der Waals surface area contributed by atoms with E-state index in [1.54, 1.807) is 17.9 Å². The number of halogens is 1. The summed E-state index contributed by atoms with van der Waals surface area (Å²) >= 11 is 0. The summed E-state index contributed by atoms with van der Waals surface area (Å²) in [6.07, 6.45) is 4.57. The first kappa shape index (κ1) is 9.79. The largest absolute Gasteiger partial charge is 0.382 e. The molecular weight excluding hydrogens is 197 g/mol. The Bertz CT molecular complexity index is 469. The van der Waals surface area contributed by atoms with Gasteiger partial charge in [-0.3, -0.25) is 4.98 Å². The van der Waals surface area contributed by atoms with Crippen molar-refractivity contribution in [2.75, 3.05) is 0 Å². The van der Waals surface area contributed by atoms with Crippen LogP contribution in [-0.2, 0) is 7.05 Å². The van der Waals surface area contributed by atoms with Crippen molar-refractivity contribution in [2.45, 2.75) is 6.10 Å². The Morgan fingerprint density at radius 3 is 2.80 bits per heavy atom. The zero-order chi connectivity index (χ0) is 10.8. The Morgan fingerprint density at radius 1 is 1.40 bits per heavy atom. The number of pyridine rings is 1. The molecule has 1 atom stereocenters. The minimum atomic E-state index is -1.01. The van der Waals surface area contributed by atoms with Crippen molar-refractivity contribution in [3.8, 4) is 0 Å². The number of hydrogen-bond acceptors (Lipinski definition) is 3. The van der Waals surface area contributed by atoms with Crippen LogP contribution in [0.25, 0.3) is 0 Å². The van der Waals surface area contributed by atoms with Crippen LogP contribution in [0.4, 0.5) is 4.39 Å². The number of aliphatic hydroxyl groups excluding tert-OH is 1. The van der Waals surface area contributed by atoms with Crippen LogP contribution in [0.15, 0.2) is 31.0 Å². The number of imidazole rings is 1. The second kappa shape index (κ2) is 3.78. The lowest BCUT2D eigenvalue weighted by Crippen LogP contribution is -2.07. The first-order valence-corrected chi connectivity index (χ1v) is 4.44. The molecule has 2 aromatic heterocycles. The van der Waals surface area contributed by atoms with Crippen LogP contribution in [-0.4, -0.2) is 19.6 Å². The van der Waals surface area contributed by atoms with Crippen molar-refractivity contribution >= 4 is 0 Å². The van der Waals surface area contributed by atoms with Gasteiger partial charge in [-0.05, 0) is 6.07 Å². The summed E-state index contributed by atoms with van der Waals surface area (Å²) in [7, 11) is 1.74. The maximum atomic E-state index is 13.3. The quantitative estimate of drug-likeness (QED) is 0.800. The number of aliphatic hydroxyl groups is 1. The van der Waals surface area contributed by atoms with Gasteiger partial charge in [-0.25, -0.2) is 9.37 Å². The average molecular weight is 207 g/mol. The van der Waals surface area contributed by atoms with Gasteiger partial charge >= 0.3 is 0 Å². The molecule has 2 rings (SSSR count). The van der Waals surface area contributed by atoms with E-state index < -0.39 is 11.9 Å². The average Bonchev–Trinajstić information content (AvgIpc) is 2.64. The smallest absolute Gasteiger partial charge is 0.147 e. The molecular formula is C10H10FN3O. The highest BCUT2D eigenvalue weighted by Gasteiger charge is 2.17. The van der Waals surface area contributed by atoms with Gasteiger partial charge in [0.25, 0.3) is 0 Å². The number of aryl methyl sites for hydroxylation is 1. The predicted octanol–water partition coefficient (Wildman–Crippen LogP) is 1.04. The fraction of sp³-hybridized carbons (Fsp3) is 0.200. The molecule has 0 bridgehead atoms. The number of aromatic nitrogens is 3. The van der Waals surface area contributed by atoms with Crippen LogP contribution in [0.3, 0.4) is 0 Å². The van der Waals surface area contributed by atoms with E-state index >= 15 is 0 Å². The second-order valence-electron chi connectivity index (χ2n) is 3.23. The predicted molar refractivity (Wildman–Crippen MR) is 51.5 cm³/mol. The van der Waals surface area contributed by atoms with Crippen molar-refractivity contribution in [3.05, 3.63) is 48.1 Å². The molecule has 0 spiro atoms. The van der Waals surface area contributed by atoms with Crippen molar-refractivity contribution in [3.63, 3.8) is 0 Å². The minimum absolute atomic E-state index is 0.202. The van der Waals surface area contributed by atoms with Crippen molar-refractivity contribution in [1.82, 2.24) is 14.5 Å². The van der Waals surface area contributed by atoms with Gasteiger partial charge in [-0.1, -0.05) is 0 Å². The van der Waals surface area contributed by atoms with Crippen LogP contribution < -0.4 is 0 Å². The molecule has 0 fully saturated rings. The van der Waals surface area contributed by atoms with E-state index in [0.717, 1.165) is 6.20 Å². The summed E-state index contributed by atoms with van der Waals surface area (Å²) in [6, 6.07) is 1.45. The van der Waals surface area contributed by atoms with Crippen LogP contribution in [0.2, 0.25) is 0 Å². The van der Waals surface area contributed by atoms with Gasteiger partial charge in [-0.2, -0.15) is 0 Å². The van der Waals surface area contributed by atoms with Crippen LogP contribution in [0.5, 0.6) is 0 Å². The summed E-state index contributed by atoms with van der Waals surface area (Å²) in [4.78, 5) is 7.49. The van der Waals surface area contributed by atoms with Gasteiger partial charge in [0, 0.05) is 18.8 Å². The van der Waals surface area contributed by atoms with E-state index in [1.807, 2.05) is 0 Å². The van der Waals surface area contributed by atoms with Gasteiger partial charge in [0.1, 0.15) is 11.9 Å². The monoisotopic (exact) mass is 207 g/mol. The molecule has 78 valence electrons. The maximum Gasteiger partial charge on any atom is 0.147 e. The van der Waals surface area contributed by atoms with Crippen LogP contribution in [0.1, 0.15) is 17.4 Å². The molecule has 1 unspecified atom stereocenters. The van der Waals surface area contributed by atoms with E-state index in [2.05, 4.69) is 9.97 Å². The van der Waals surface area contributed by atoms with Crippen LogP contribution >= 0.6 is 0 Å². The molecule has 0 radical (unpaired) electrons. The topological polar surface area (TPSA) is 50.9 Å². The van der Waals surface area contributed by atoms with Crippen molar-refractivity contribution in [2.24, 2.45) is 7.05 Å². The Morgan fingerprint density at radius 2 is 2.20 bits per heavy atom. The van der Waals surface area contributed by atoms with Gasteiger partial charge in [0.15, 0.2) is 0 Å². The highest BCUT2D eigenvalue weighted by Crippen LogP contribution is 2.22. The SMILES string of the molecule is Cn1cncc1C(O)c1ccncc1F. The molecule has 0 amide bonds. The van der Waals surface area contributed by atoms with E-state index in [0.29, 0.717) is 5.69 Å². The van der Waals surface area contributed by atoms with E-state index in [1.165, 1.54) is 18.5 Å². The molecule has 1 N–H and O–H groups in total. The number of rotatable bonds is 2. The molecule has 0 aliphatic rings. The molecule has 4 nitrogen and oxygen atoms in total. The minimum Gasteiger partial charge on any atom is -0.382 e.